The molecule has 0 spiro atoms. The van der Waals surface area contributed by atoms with Crippen molar-refractivity contribution in [2.75, 3.05) is 31.1 Å². The number of hydrogen-bond acceptors (Lipinski definition) is 4. The van der Waals surface area contributed by atoms with E-state index in [0.29, 0.717) is 23.7 Å². The van der Waals surface area contributed by atoms with Gasteiger partial charge < -0.3 is 9.80 Å². The van der Waals surface area contributed by atoms with Gasteiger partial charge in [0.2, 0.25) is 0 Å². The highest BCUT2D eigenvalue weighted by atomic mass is 35.5. The van der Waals surface area contributed by atoms with E-state index in [0.717, 1.165) is 18.8 Å². The van der Waals surface area contributed by atoms with Crippen molar-refractivity contribution < 1.29 is 9.72 Å². The molecule has 0 N–H and O–H groups in total. The maximum atomic E-state index is 12.5. The van der Waals surface area contributed by atoms with Crippen molar-refractivity contribution in [2.24, 2.45) is 0 Å². The molecule has 0 aromatic heterocycles. The number of non-ortho nitro benzene ring substituents is 1. The van der Waals surface area contributed by atoms with Crippen molar-refractivity contribution in [3.05, 3.63) is 69.2 Å². The summed E-state index contributed by atoms with van der Waals surface area (Å²) in [4.78, 5) is 26.6. The molecule has 1 amide bonds. The van der Waals surface area contributed by atoms with Gasteiger partial charge in [-0.15, -0.1) is 0 Å². The molecule has 7 heteroatoms. The number of rotatable bonds is 3. The first-order chi connectivity index (χ1) is 11.5. The molecule has 124 valence electrons. The number of nitro groups is 1. The smallest absolute Gasteiger partial charge is 0.269 e. The fourth-order valence-corrected chi connectivity index (χ4v) is 2.93. The second-order valence-electron chi connectivity index (χ2n) is 5.56. The molecule has 1 saturated heterocycles. The largest absolute Gasteiger partial charge is 0.368 e. The minimum absolute atomic E-state index is 0.0164. The van der Waals surface area contributed by atoms with Crippen LogP contribution >= 0.6 is 11.6 Å². The second-order valence-corrected chi connectivity index (χ2v) is 6.00. The van der Waals surface area contributed by atoms with Crippen molar-refractivity contribution in [2.45, 2.75) is 0 Å². The molecule has 3 rings (SSSR count). The van der Waals surface area contributed by atoms with Crippen LogP contribution in [0.5, 0.6) is 0 Å². The van der Waals surface area contributed by atoms with E-state index < -0.39 is 4.92 Å². The van der Waals surface area contributed by atoms with Gasteiger partial charge >= 0.3 is 0 Å². The van der Waals surface area contributed by atoms with Gasteiger partial charge in [-0.25, -0.2) is 0 Å². The fourth-order valence-electron chi connectivity index (χ4n) is 2.75. The minimum atomic E-state index is -0.474. The summed E-state index contributed by atoms with van der Waals surface area (Å²) in [5.41, 5.74) is 1.50. The summed E-state index contributed by atoms with van der Waals surface area (Å²) < 4.78 is 0. The number of hydrogen-bond donors (Lipinski definition) is 0. The van der Waals surface area contributed by atoms with Crippen molar-refractivity contribution in [1.29, 1.82) is 0 Å². The van der Waals surface area contributed by atoms with Crippen LogP contribution in [0.15, 0.2) is 48.5 Å². The lowest BCUT2D eigenvalue weighted by Gasteiger charge is -2.36. The Morgan fingerprint density at radius 1 is 1.04 bits per heavy atom. The van der Waals surface area contributed by atoms with E-state index in [1.165, 1.54) is 24.3 Å². The predicted molar refractivity (Wildman–Crippen MR) is 92.7 cm³/mol. The van der Waals surface area contributed by atoms with Crippen LogP contribution in [-0.2, 0) is 0 Å². The number of amides is 1. The Kier molecular flexibility index (Phi) is 4.66. The van der Waals surface area contributed by atoms with Crippen LogP contribution < -0.4 is 4.90 Å². The highest BCUT2D eigenvalue weighted by molar-refractivity contribution is 6.30. The summed E-state index contributed by atoms with van der Waals surface area (Å²) in [6.45, 7) is 2.64. The van der Waals surface area contributed by atoms with Crippen molar-refractivity contribution in [1.82, 2.24) is 4.90 Å². The first-order valence-corrected chi connectivity index (χ1v) is 7.96. The van der Waals surface area contributed by atoms with E-state index in [2.05, 4.69) is 4.90 Å². The zero-order chi connectivity index (χ0) is 17.1. The average Bonchev–Trinajstić information content (AvgIpc) is 2.61. The van der Waals surface area contributed by atoms with Gasteiger partial charge in [-0.1, -0.05) is 17.7 Å². The van der Waals surface area contributed by atoms with Crippen LogP contribution in [0.1, 0.15) is 10.4 Å². The highest BCUT2D eigenvalue weighted by Gasteiger charge is 2.22. The number of benzene rings is 2. The lowest BCUT2D eigenvalue weighted by atomic mass is 10.1. The molecular weight excluding hydrogens is 330 g/mol. The summed E-state index contributed by atoms with van der Waals surface area (Å²) in [5, 5.41) is 11.4. The summed E-state index contributed by atoms with van der Waals surface area (Å²) in [6.07, 6.45) is 0. The van der Waals surface area contributed by atoms with Gasteiger partial charge in [0.15, 0.2) is 0 Å². The van der Waals surface area contributed by atoms with Gasteiger partial charge in [0.05, 0.1) is 4.92 Å². The molecule has 2 aromatic carbocycles. The van der Waals surface area contributed by atoms with Crippen LogP contribution in [0.3, 0.4) is 0 Å². The molecule has 1 heterocycles. The Bertz CT molecular complexity index is 756. The standard InChI is InChI=1S/C17H16ClN3O3/c18-14-2-1-3-16(12-14)19-8-10-20(11-9-19)17(22)13-4-6-15(7-5-13)21(23)24/h1-7,12H,8-11H2. The number of piperazine rings is 1. The minimum Gasteiger partial charge on any atom is -0.368 e. The third-order valence-electron chi connectivity index (χ3n) is 4.07. The van der Waals surface area contributed by atoms with Gasteiger partial charge in [0.1, 0.15) is 0 Å². The van der Waals surface area contributed by atoms with Gasteiger partial charge in [-0.2, -0.15) is 0 Å². The summed E-state index contributed by atoms with van der Waals surface area (Å²) in [5.74, 6) is -0.101. The van der Waals surface area contributed by atoms with E-state index >= 15 is 0 Å². The zero-order valence-corrected chi connectivity index (χ0v) is 13.6. The van der Waals surface area contributed by atoms with Gasteiger partial charge in [0.25, 0.3) is 11.6 Å². The van der Waals surface area contributed by atoms with Gasteiger partial charge in [-0.3, -0.25) is 14.9 Å². The summed E-state index contributed by atoms with van der Waals surface area (Å²) in [6, 6.07) is 13.4. The number of halogens is 1. The summed E-state index contributed by atoms with van der Waals surface area (Å²) >= 11 is 6.02. The molecule has 0 unspecified atom stereocenters. The molecule has 1 aliphatic rings. The fraction of sp³-hybridized carbons (Fsp3) is 0.235. The third-order valence-corrected chi connectivity index (χ3v) is 4.30. The van der Waals surface area contributed by atoms with E-state index in [1.54, 1.807) is 4.90 Å². The summed E-state index contributed by atoms with van der Waals surface area (Å²) in [7, 11) is 0. The number of carbonyl (C=O) groups excluding carboxylic acids is 1. The molecule has 0 radical (unpaired) electrons. The Labute approximate surface area is 144 Å². The SMILES string of the molecule is O=C(c1ccc([N+](=O)[O-])cc1)N1CCN(c2cccc(Cl)c2)CC1. The number of nitro benzene ring substituents is 1. The topological polar surface area (TPSA) is 66.7 Å². The van der Waals surface area contributed by atoms with Gasteiger partial charge in [-0.05, 0) is 30.3 Å². The lowest BCUT2D eigenvalue weighted by Crippen LogP contribution is -2.48. The molecule has 0 saturated carbocycles. The zero-order valence-electron chi connectivity index (χ0n) is 12.9. The van der Waals surface area contributed by atoms with Crippen molar-refractivity contribution in [3.63, 3.8) is 0 Å². The molecule has 1 fully saturated rings. The first-order valence-electron chi connectivity index (χ1n) is 7.59. The molecule has 24 heavy (non-hydrogen) atoms. The Hall–Kier alpha value is -2.60. The Morgan fingerprint density at radius 3 is 2.29 bits per heavy atom. The first kappa shape index (κ1) is 16.3. The predicted octanol–water partition coefficient (Wildman–Crippen LogP) is 3.21. The third kappa shape index (κ3) is 3.49. The lowest BCUT2D eigenvalue weighted by molar-refractivity contribution is -0.384. The monoisotopic (exact) mass is 345 g/mol. The van der Waals surface area contributed by atoms with E-state index in [9.17, 15) is 14.9 Å². The molecule has 0 aliphatic carbocycles. The van der Waals surface area contributed by atoms with Crippen LogP contribution in [0.2, 0.25) is 5.02 Å². The van der Waals surface area contributed by atoms with E-state index in [1.807, 2.05) is 24.3 Å². The van der Waals surface area contributed by atoms with Crippen LogP contribution in [0.4, 0.5) is 11.4 Å². The number of nitrogens with zero attached hydrogens (tertiary/aromatic N) is 3. The number of carbonyl (C=O) groups is 1. The molecule has 1 aliphatic heterocycles. The van der Waals surface area contributed by atoms with Gasteiger partial charge in [0, 0.05) is 54.6 Å². The molecule has 2 aromatic rings. The Morgan fingerprint density at radius 2 is 1.71 bits per heavy atom. The van der Waals surface area contributed by atoms with Crippen molar-refractivity contribution in [3.8, 4) is 0 Å². The van der Waals surface area contributed by atoms with Crippen LogP contribution in [-0.4, -0.2) is 41.9 Å². The Balaban J connectivity index is 1.63. The number of anilines is 1. The molecule has 0 atom stereocenters. The van der Waals surface area contributed by atoms with Crippen molar-refractivity contribution >= 4 is 28.9 Å². The van der Waals surface area contributed by atoms with Crippen LogP contribution in [0, 0.1) is 10.1 Å². The van der Waals surface area contributed by atoms with E-state index in [4.69, 9.17) is 11.6 Å². The highest BCUT2D eigenvalue weighted by Crippen LogP contribution is 2.21. The molecule has 0 bridgehead atoms. The maximum Gasteiger partial charge on any atom is 0.269 e. The van der Waals surface area contributed by atoms with E-state index in [-0.39, 0.29) is 11.6 Å². The van der Waals surface area contributed by atoms with Crippen LogP contribution in [0.25, 0.3) is 0 Å². The average molecular weight is 346 g/mol. The normalized spacial score (nSPS) is 14.5. The second kappa shape index (κ2) is 6.88. The quantitative estimate of drug-likeness (QED) is 0.633. The maximum absolute atomic E-state index is 12.5. The molecular formula is C17H16ClN3O3. The molecule has 6 nitrogen and oxygen atoms in total.